The highest BCUT2D eigenvalue weighted by atomic mass is 79.9. The van der Waals surface area contributed by atoms with E-state index in [0.29, 0.717) is 10.4 Å². The van der Waals surface area contributed by atoms with Gasteiger partial charge in [0, 0.05) is 6.04 Å². The van der Waals surface area contributed by atoms with Gasteiger partial charge in [0.15, 0.2) is 0 Å². The van der Waals surface area contributed by atoms with Gasteiger partial charge < -0.3 is 5.73 Å². The average molecular weight is 286 g/mol. The summed E-state index contributed by atoms with van der Waals surface area (Å²) < 4.78 is 13.6. The first-order valence-electron chi connectivity index (χ1n) is 5.89. The van der Waals surface area contributed by atoms with Crippen molar-refractivity contribution in [3.8, 4) is 0 Å². The van der Waals surface area contributed by atoms with Gasteiger partial charge in [-0.25, -0.2) is 4.39 Å². The molecule has 1 aromatic rings. The fourth-order valence-electron chi connectivity index (χ4n) is 2.49. The predicted octanol–water partition coefficient (Wildman–Crippen LogP) is 4.17. The van der Waals surface area contributed by atoms with Gasteiger partial charge in [-0.1, -0.05) is 25.3 Å². The van der Waals surface area contributed by atoms with Gasteiger partial charge in [-0.05, 0) is 52.4 Å². The third-order valence-electron chi connectivity index (χ3n) is 3.49. The fourth-order valence-corrected chi connectivity index (χ4v) is 2.88. The van der Waals surface area contributed by atoms with Crippen LogP contribution in [0.25, 0.3) is 0 Å². The van der Waals surface area contributed by atoms with Crippen molar-refractivity contribution in [1.82, 2.24) is 0 Å². The zero-order valence-electron chi connectivity index (χ0n) is 9.26. The van der Waals surface area contributed by atoms with E-state index in [2.05, 4.69) is 15.9 Å². The highest BCUT2D eigenvalue weighted by Crippen LogP contribution is 2.33. The summed E-state index contributed by atoms with van der Waals surface area (Å²) in [4.78, 5) is 0. The molecule has 3 heteroatoms. The molecule has 1 aliphatic rings. The minimum Gasteiger partial charge on any atom is -0.324 e. The van der Waals surface area contributed by atoms with Gasteiger partial charge >= 0.3 is 0 Å². The summed E-state index contributed by atoms with van der Waals surface area (Å²) in [6, 6.07) is 5.16. The van der Waals surface area contributed by atoms with Crippen LogP contribution in [-0.2, 0) is 0 Å². The Labute approximate surface area is 104 Å². The molecule has 1 saturated carbocycles. The first-order valence-corrected chi connectivity index (χ1v) is 6.68. The lowest BCUT2D eigenvalue weighted by Crippen LogP contribution is -2.23. The predicted molar refractivity (Wildman–Crippen MR) is 67.6 cm³/mol. The van der Waals surface area contributed by atoms with Gasteiger partial charge in [-0.2, -0.15) is 0 Å². The average Bonchev–Trinajstić information content (AvgIpc) is 2.33. The molecule has 2 rings (SSSR count). The van der Waals surface area contributed by atoms with E-state index >= 15 is 0 Å². The zero-order chi connectivity index (χ0) is 11.5. The van der Waals surface area contributed by atoms with Gasteiger partial charge in [0.25, 0.3) is 0 Å². The molecule has 1 atom stereocenters. The first kappa shape index (κ1) is 12.1. The van der Waals surface area contributed by atoms with Crippen molar-refractivity contribution in [2.75, 3.05) is 0 Å². The maximum absolute atomic E-state index is 13.1. The Morgan fingerprint density at radius 3 is 2.56 bits per heavy atom. The van der Waals surface area contributed by atoms with Gasteiger partial charge in [-0.15, -0.1) is 0 Å². The number of hydrogen-bond donors (Lipinski definition) is 1. The Bertz CT molecular complexity index is 361. The molecule has 0 aliphatic heterocycles. The molecule has 1 fully saturated rings. The SMILES string of the molecule is N[C@@H](c1ccc(F)c(Br)c1)C1CCCCC1. The molecule has 0 heterocycles. The molecule has 0 radical (unpaired) electrons. The van der Waals surface area contributed by atoms with Crippen molar-refractivity contribution >= 4 is 15.9 Å². The minimum atomic E-state index is -0.223. The maximum Gasteiger partial charge on any atom is 0.137 e. The second kappa shape index (κ2) is 5.28. The van der Waals surface area contributed by atoms with Crippen molar-refractivity contribution in [2.24, 2.45) is 11.7 Å². The third kappa shape index (κ3) is 2.64. The Morgan fingerprint density at radius 2 is 1.94 bits per heavy atom. The number of halogens is 2. The zero-order valence-corrected chi connectivity index (χ0v) is 10.8. The van der Waals surface area contributed by atoms with Crippen LogP contribution in [0.15, 0.2) is 22.7 Å². The molecular formula is C13H17BrFN. The van der Waals surface area contributed by atoms with E-state index in [1.165, 1.54) is 38.2 Å². The molecule has 0 aromatic heterocycles. The molecule has 16 heavy (non-hydrogen) atoms. The fraction of sp³-hybridized carbons (Fsp3) is 0.538. The van der Waals surface area contributed by atoms with E-state index in [9.17, 15) is 4.39 Å². The highest BCUT2D eigenvalue weighted by molar-refractivity contribution is 9.10. The largest absolute Gasteiger partial charge is 0.324 e. The second-order valence-corrected chi connectivity index (χ2v) is 5.45. The van der Waals surface area contributed by atoms with Crippen molar-refractivity contribution in [2.45, 2.75) is 38.1 Å². The standard InChI is InChI=1S/C13H17BrFN/c14-11-8-10(6-7-12(11)15)13(16)9-4-2-1-3-5-9/h6-9,13H,1-5,16H2/t13-/m1/s1. The highest BCUT2D eigenvalue weighted by Gasteiger charge is 2.22. The van der Waals surface area contributed by atoms with Gasteiger partial charge in [0.1, 0.15) is 5.82 Å². The summed E-state index contributed by atoms with van der Waals surface area (Å²) >= 11 is 3.21. The monoisotopic (exact) mass is 285 g/mol. The lowest BCUT2D eigenvalue weighted by molar-refractivity contribution is 0.308. The summed E-state index contributed by atoms with van der Waals surface area (Å²) in [5, 5.41) is 0. The first-order chi connectivity index (χ1) is 7.68. The van der Waals surface area contributed by atoms with Crippen molar-refractivity contribution in [3.05, 3.63) is 34.1 Å². The van der Waals surface area contributed by atoms with Gasteiger partial charge in [0.05, 0.1) is 4.47 Å². The smallest absolute Gasteiger partial charge is 0.137 e. The summed E-state index contributed by atoms with van der Waals surface area (Å²) in [5.41, 5.74) is 7.29. The van der Waals surface area contributed by atoms with E-state index in [-0.39, 0.29) is 11.9 Å². The molecule has 0 saturated heterocycles. The van der Waals surface area contributed by atoms with Crippen LogP contribution in [0.2, 0.25) is 0 Å². The van der Waals surface area contributed by atoms with Crippen LogP contribution < -0.4 is 5.73 Å². The summed E-state index contributed by atoms with van der Waals surface area (Å²) in [6.45, 7) is 0. The summed E-state index contributed by atoms with van der Waals surface area (Å²) in [5.74, 6) is 0.339. The topological polar surface area (TPSA) is 26.0 Å². The molecule has 1 aromatic carbocycles. The summed E-state index contributed by atoms with van der Waals surface area (Å²) in [7, 11) is 0. The molecule has 0 spiro atoms. The van der Waals surface area contributed by atoms with Crippen molar-refractivity contribution < 1.29 is 4.39 Å². The summed E-state index contributed by atoms with van der Waals surface area (Å²) in [6.07, 6.45) is 6.30. The number of benzene rings is 1. The van der Waals surface area contributed by atoms with Gasteiger partial charge in [-0.3, -0.25) is 0 Å². The number of hydrogen-bond acceptors (Lipinski definition) is 1. The molecule has 0 bridgehead atoms. The van der Waals surface area contributed by atoms with Crippen LogP contribution in [0.4, 0.5) is 4.39 Å². The Morgan fingerprint density at radius 1 is 1.25 bits per heavy atom. The van der Waals surface area contributed by atoms with Crippen LogP contribution >= 0.6 is 15.9 Å². The number of nitrogens with two attached hydrogens (primary N) is 1. The van der Waals surface area contributed by atoms with E-state index in [0.717, 1.165) is 5.56 Å². The lowest BCUT2D eigenvalue weighted by atomic mass is 9.81. The van der Waals surface area contributed by atoms with E-state index in [1.54, 1.807) is 6.07 Å². The Balaban J connectivity index is 2.12. The van der Waals surface area contributed by atoms with Gasteiger partial charge in [0.2, 0.25) is 0 Å². The number of rotatable bonds is 2. The molecule has 0 amide bonds. The molecular weight excluding hydrogens is 269 g/mol. The van der Waals surface area contributed by atoms with Crippen LogP contribution in [0.3, 0.4) is 0 Å². The van der Waals surface area contributed by atoms with Crippen molar-refractivity contribution in [3.63, 3.8) is 0 Å². The second-order valence-electron chi connectivity index (χ2n) is 4.60. The molecule has 0 unspecified atom stereocenters. The Hall–Kier alpha value is -0.410. The quantitative estimate of drug-likeness (QED) is 0.867. The molecule has 1 nitrogen and oxygen atoms in total. The van der Waals surface area contributed by atoms with E-state index in [4.69, 9.17) is 5.73 Å². The minimum absolute atomic E-state index is 0.0530. The van der Waals surface area contributed by atoms with Crippen molar-refractivity contribution in [1.29, 1.82) is 0 Å². The van der Waals surface area contributed by atoms with E-state index in [1.807, 2.05) is 6.07 Å². The van der Waals surface area contributed by atoms with Crippen LogP contribution in [-0.4, -0.2) is 0 Å². The maximum atomic E-state index is 13.1. The van der Waals surface area contributed by atoms with Crippen LogP contribution in [0.1, 0.15) is 43.7 Å². The third-order valence-corrected chi connectivity index (χ3v) is 4.09. The molecule has 88 valence electrons. The molecule has 2 N–H and O–H groups in total. The van der Waals surface area contributed by atoms with Crippen LogP contribution in [0.5, 0.6) is 0 Å². The lowest BCUT2D eigenvalue weighted by Gasteiger charge is -2.27. The van der Waals surface area contributed by atoms with E-state index < -0.39 is 0 Å². The molecule has 1 aliphatic carbocycles. The van der Waals surface area contributed by atoms with Crippen LogP contribution in [0, 0.1) is 11.7 Å². The normalized spacial score (nSPS) is 19.7. The Kier molecular flexibility index (Phi) is 3.98.